The van der Waals surface area contributed by atoms with Crippen LogP contribution in [0.25, 0.3) is 5.76 Å². The molecule has 1 aliphatic heterocycles. The van der Waals surface area contributed by atoms with Gasteiger partial charge in [0.2, 0.25) is 0 Å². The third-order valence-electron chi connectivity index (χ3n) is 5.98. The molecule has 1 atom stereocenters. The molecule has 3 aromatic rings. The molecule has 180 valence electrons. The van der Waals surface area contributed by atoms with Crippen LogP contribution in [0, 0.1) is 13.8 Å². The van der Waals surface area contributed by atoms with Gasteiger partial charge in [0.15, 0.2) is 11.5 Å². The van der Waals surface area contributed by atoms with Crippen molar-refractivity contribution in [2.45, 2.75) is 26.8 Å². The molecule has 0 bridgehead atoms. The fourth-order valence-corrected chi connectivity index (χ4v) is 4.49. The number of hydrogen-bond donors (Lipinski definition) is 1. The van der Waals surface area contributed by atoms with Crippen LogP contribution in [0.15, 0.2) is 66.2 Å². The van der Waals surface area contributed by atoms with Gasteiger partial charge in [-0.05, 0) is 74.4 Å². The molecule has 4 rings (SSSR count). The van der Waals surface area contributed by atoms with Crippen LogP contribution in [0.2, 0.25) is 5.02 Å². The summed E-state index contributed by atoms with van der Waals surface area (Å²) in [7, 11) is 1.54. The number of carbonyl (C=O) groups is 2. The number of methoxy groups -OCH3 is 1. The van der Waals surface area contributed by atoms with Gasteiger partial charge in [-0.15, -0.1) is 0 Å². The molecule has 0 aromatic heterocycles. The second kappa shape index (κ2) is 9.84. The summed E-state index contributed by atoms with van der Waals surface area (Å²) in [4.78, 5) is 28.2. The molecule has 1 N–H and O–H groups in total. The molecular weight excluding hydrogens is 466 g/mol. The van der Waals surface area contributed by atoms with Crippen molar-refractivity contribution in [3.05, 3.63) is 93.5 Å². The Bertz CT molecular complexity index is 1330. The lowest BCUT2D eigenvalue weighted by atomic mass is 9.94. The molecule has 0 saturated carbocycles. The summed E-state index contributed by atoms with van der Waals surface area (Å²) in [6.07, 6.45) is 0. The fraction of sp³-hybridized carbons (Fsp3) is 0.214. The Kier molecular flexibility index (Phi) is 6.85. The Morgan fingerprint density at radius 1 is 1.00 bits per heavy atom. The third-order valence-corrected chi connectivity index (χ3v) is 6.23. The second-order valence-electron chi connectivity index (χ2n) is 8.31. The van der Waals surface area contributed by atoms with E-state index in [1.165, 1.54) is 4.90 Å². The van der Waals surface area contributed by atoms with Crippen molar-refractivity contribution in [1.29, 1.82) is 0 Å². The van der Waals surface area contributed by atoms with Crippen molar-refractivity contribution >= 4 is 34.7 Å². The molecular formula is C28H26ClNO5. The van der Waals surface area contributed by atoms with Crippen LogP contribution in [0.3, 0.4) is 0 Å². The van der Waals surface area contributed by atoms with Crippen molar-refractivity contribution in [3.8, 4) is 11.5 Å². The van der Waals surface area contributed by atoms with E-state index in [4.69, 9.17) is 21.1 Å². The summed E-state index contributed by atoms with van der Waals surface area (Å²) < 4.78 is 11.2. The quantitative estimate of drug-likeness (QED) is 0.260. The van der Waals surface area contributed by atoms with Crippen LogP contribution in [0.1, 0.15) is 35.2 Å². The van der Waals surface area contributed by atoms with Crippen molar-refractivity contribution in [3.63, 3.8) is 0 Å². The monoisotopic (exact) mass is 491 g/mol. The number of aryl methyl sites for hydroxylation is 2. The maximum Gasteiger partial charge on any atom is 0.300 e. The van der Waals surface area contributed by atoms with Crippen LogP contribution < -0.4 is 14.4 Å². The number of anilines is 1. The zero-order valence-corrected chi connectivity index (χ0v) is 20.7. The molecule has 35 heavy (non-hydrogen) atoms. The van der Waals surface area contributed by atoms with Gasteiger partial charge < -0.3 is 14.6 Å². The highest BCUT2D eigenvalue weighted by Gasteiger charge is 2.47. The molecule has 6 nitrogen and oxygen atoms in total. The topological polar surface area (TPSA) is 76.1 Å². The molecule has 0 spiro atoms. The molecule has 1 heterocycles. The highest BCUT2D eigenvalue weighted by molar-refractivity contribution is 6.51. The Morgan fingerprint density at radius 2 is 1.71 bits per heavy atom. The number of rotatable bonds is 6. The summed E-state index contributed by atoms with van der Waals surface area (Å²) in [5.74, 6) is -0.754. The minimum atomic E-state index is -0.878. The van der Waals surface area contributed by atoms with Gasteiger partial charge in [-0.2, -0.15) is 0 Å². The molecule has 3 aromatic carbocycles. The van der Waals surface area contributed by atoms with Crippen LogP contribution in [-0.2, 0) is 9.59 Å². The van der Waals surface area contributed by atoms with Gasteiger partial charge in [0.25, 0.3) is 11.7 Å². The summed E-state index contributed by atoms with van der Waals surface area (Å²) in [6.45, 7) is 6.11. The molecule has 1 fully saturated rings. The van der Waals surface area contributed by atoms with E-state index in [1.807, 2.05) is 39.0 Å². The van der Waals surface area contributed by atoms with Gasteiger partial charge >= 0.3 is 0 Å². The predicted octanol–water partition coefficient (Wildman–Crippen LogP) is 5.99. The molecule has 0 radical (unpaired) electrons. The number of aliphatic hydroxyl groups is 1. The molecule has 1 amide bonds. The number of nitrogens with zero attached hydrogens (tertiary/aromatic N) is 1. The Morgan fingerprint density at radius 3 is 2.34 bits per heavy atom. The summed E-state index contributed by atoms with van der Waals surface area (Å²) in [6, 6.07) is 16.5. The lowest BCUT2D eigenvalue weighted by molar-refractivity contribution is -0.132. The first-order valence-corrected chi connectivity index (χ1v) is 11.6. The van der Waals surface area contributed by atoms with E-state index >= 15 is 0 Å². The van der Waals surface area contributed by atoms with Crippen molar-refractivity contribution in [2.75, 3.05) is 18.6 Å². The number of benzene rings is 3. The first-order valence-electron chi connectivity index (χ1n) is 11.2. The molecule has 1 aliphatic rings. The molecule has 7 heteroatoms. The van der Waals surface area contributed by atoms with E-state index in [0.717, 1.165) is 11.1 Å². The number of carbonyl (C=O) groups excluding carboxylic acids is 2. The normalized spacial score (nSPS) is 17.1. The van der Waals surface area contributed by atoms with Crippen molar-refractivity contribution < 1.29 is 24.2 Å². The van der Waals surface area contributed by atoms with Gasteiger partial charge in [0.1, 0.15) is 5.76 Å². The zero-order chi connectivity index (χ0) is 25.3. The number of ether oxygens (including phenoxy) is 2. The average Bonchev–Trinajstić information content (AvgIpc) is 3.10. The summed E-state index contributed by atoms with van der Waals surface area (Å²) in [5.41, 5.74) is 3.43. The van der Waals surface area contributed by atoms with Gasteiger partial charge in [-0.1, -0.05) is 35.4 Å². The zero-order valence-electron chi connectivity index (χ0n) is 20.0. The number of hydrogen-bond acceptors (Lipinski definition) is 5. The smallest absolute Gasteiger partial charge is 0.300 e. The van der Waals surface area contributed by atoms with Gasteiger partial charge in [-0.25, -0.2) is 0 Å². The number of aliphatic hydroxyl groups excluding tert-OH is 1. The van der Waals surface area contributed by atoms with E-state index < -0.39 is 17.7 Å². The first kappa shape index (κ1) is 24.4. The molecule has 0 aliphatic carbocycles. The Labute approximate surface area is 209 Å². The Balaban J connectivity index is 1.98. The highest BCUT2D eigenvalue weighted by Crippen LogP contribution is 2.45. The van der Waals surface area contributed by atoms with E-state index in [2.05, 4.69) is 0 Å². The standard InChI is InChI=1S/C28H26ClNO5/c1-5-35-23-15-19(9-13-22(23)34-4)25-24(26(31)18-7-10-20(29)11-8-18)27(32)28(33)30(25)21-12-6-16(2)14-17(21)3/h6-15,25,31H,5H2,1-4H3/b26-24+. The third kappa shape index (κ3) is 4.49. The Hall–Kier alpha value is -3.77. The fourth-order valence-electron chi connectivity index (χ4n) is 4.37. The lowest BCUT2D eigenvalue weighted by Gasteiger charge is -2.27. The molecule has 1 unspecified atom stereocenters. The van der Waals surface area contributed by atoms with Gasteiger partial charge in [0.05, 0.1) is 25.3 Å². The van der Waals surface area contributed by atoms with Crippen LogP contribution in [-0.4, -0.2) is 30.5 Å². The van der Waals surface area contributed by atoms with E-state index in [9.17, 15) is 14.7 Å². The van der Waals surface area contributed by atoms with Crippen molar-refractivity contribution in [1.82, 2.24) is 0 Å². The van der Waals surface area contributed by atoms with Crippen LogP contribution in [0.5, 0.6) is 11.5 Å². The maximum atomic E-state index is 13.4. The summed E-state index contributed by atoms with van der Waals surface area (Å²) >= 11 is 6.01. The lowest BCUT2D eigenvalue weighted by Crippen LogP contribution is -2.30. The van der Waals surface area contributed by atoms with Gasteiger partial charge in [0, 0.05) is 16.3 Å². The first-order chi connectivity index (χ1) is 16.8. The second-order valence-corrected chi connectivity index (χ2v) is 8.75. The van der Waals surface area contributed by atoms with Gasteiger partial charge in [-0.3, -0.25) is 14.5 Å². The summed E-state index contributed by atoms with van der Waals surface area (Å²) in [5, 5.41) is 11.8. The van der Waals surface area contributed by atoms with E-state index in [-0.39, 0.29) is 11.3 Å². The predicted molar refractivity (Wildman–Crippen MR) is 136 cm³/mol. The number of ketones is 1. The van der Waals surface area contributed by atoms with Crippen LogP contribution in [0.4, 0.5) is 5.69 Å². The number of Topliss-reactive ketones (excluding diaryl/α,β-unsaturated/α-hetero) is 1. The molecule has 1 saturated heterocycles. The minimum absolute atomic E-state index is 0.00934. The highest BCUT2D eigenvalue weighted by atomic mass is 35.5. The van der Waals surface area contributed by atoms with Crippen molar-refractivity contribution in [2.24, 2.45) is 0 Å². The van der Waals surface area contributed by atoms with Crippen LogP contribution >= 0.6 is 11.6 Å². The average molecular weight is 492 g/mol. The maximum absolute atomic E-state index is 13.4. The minimum Gasteiger partial charge on any atom is -0.507 e. The largest absolute Gasteiger partial charge is 0.507 e. The van der Waals surface area contributed by atoms with E-state index in [1.54, 1.807) is 49.6 Å². The SMILES string of the molecule is CCOc1cc(C2/C(=C(\O)c3ccc(Cl)cc3)C(=O)C(=O)N2c2ccc(C)cc2C)ccc1OC. The number of halogens is 1. The number of amides is 1. The van der Waals surface area contributed by atoms with E-state index in [0.29, 0.717) is 39.9 Å².